The van der Waals surface area contributed by atoms with Crippen LogP contribution in [-0.2, 0) is 6.42 Å². The van der Waals surface area contributed by atoms with Crippen LogP contribution in [0.3, 0.4) is 0 Å². The summed E-state index contributed by atoms with van der Waals surface area (Å²) in [6, 6.07) is 0. The van der Waals surface area contributed by atoms with Crippen molar-refractivity contribution in [3.8, 4) is 0 Å². The summed E-state index contributed by atoms with van der Waals surface area (Å²) in [6.07, 6.45) is 6.78. The second-order valence-corrected chi connectivity index (χ2v) is 4.91. The summed E-state index contributed by atoms with van der Waals surface area (Å²) in [6.45, 7) is 2.99. The van der Waals surface area contributed by atoms with E-state index in [4.69, 9.17) is 10.3 Å². The minimum absolute atomic E-state index is 0.513. The Morgan fingerprint density at radius 2 is 2.31 bits per heavy atom. The van der Waals surface area contributed by atoms with E-state index in [1.165, 1.54) is 25.7 Å². The first-order chi connectivity index (χ1) is 7.79. The lowest BCUT2D eigenvalue weighted by molar-refractivity contribution is 0.319. The fraction of sp³-hybridized carbons (Fsp3) is 0.833. The lowest BCUT2D eigenvalue weighted by Gasteiger charge is -2.23. The van der Waals surface area contributed by atoms with Crippen LogP contribution in [0.15, 0.2) is 4.52 Å². The van der Waals surface area contributed by atoms with Crippen LogP contribution in [0.5, 0.6) is 0 Å². The number of aryl methyl sites for hydroxylation is 1. The van der Waals surface area contributed by atoms with Gasteiger partial charge in [0, 0.05) is 12.3 Å². The molecule has 2 atom stereocenters. The minimum atomic E-state index is 0.513. The van der Waals surface area contributed by atoms with E-state index < -0.39 is 0 Å². The molecule has 0 radical (unpaired) electrons. The number of rotatable bonds is 4. The summed E-state index contributed by atoms with van der Waals surface area (Å²) in [5.74, 6) is 2.97. The summed E-state index contributed by atoms with van der Waals surface area (Å²) in [5.41, 5.74) is 5.45. The van der Waals surface area contributed by atoms with Gasteiger partial charge in [-0.3, -0.25) is 0 Å². The van der Waals surface area contributed by atoms with Gasteiger partial charge in [-0.2, -0.15) is 4.98 Å². The first-order valence-electron chi connectivity index (χ1n) is 6.32. The van der Waals surface area contributed by atoms with E-state index >= 15 is 0 Å². The van der Waals surface area contributed by atoms with Crippen LogP contribution in [0.2, 0.25) is 0 Å². The standard InChI is InChI=1S/C12H21N3O/c1-9-4-2-5-10(8-9)12-14-11(16-15-12)6-3-7-13/h9-10H,2-8,13H2,1H3. The number of nitrogens with two attached hydrogens (primary N) is 1. The highest BCUT2D eigenvalue weighted by atomic mass is 16.5. The van der Waals surface area contributed by atoms with E-state index in [0.29, 0.717) is 12.5 Å². The third-order valence-corrected chi connectivity index (χ3v) is 3.38. The first-order valence-corrected chi connectivity index (χ1v) is 6.32. The molecule has 2 unspecified atom stereocenters. The Balaban J connectivity index is 1.95. The number of hydrogen-bond acceptors (Lipinski definition) is 4. The lowest BCUT2D eigenvalue weighted by Crippen LogP contribution is -2.12. The second-order valence-electron chi connectivity index (χ2n) is 4.91. The van der Waals surface area contributed by atoms with Gasteiger partial charge in [0.05, 0.1) is 0 Å². The normalized spacial score (nSPS) is 25.9. The maximum absolute atomic E-state index is 5.45. The van der Waals surface area contributed by atoms with Crippen molar-refractivity contribution in [1.82, 2.24) is 10.1 Å². The van der Waals surface area contributed by atoms with E-state index in [0.717, 1.165) is 30.5 Å². The van der Waals surface area contributed by atoms with Crippen LogP contribution in [0, 0.1) is 5.92 Å². The minimum Gasteiger partial charge on any atom is -0.339 e. The van der Waals surface area contributed by atoms with Gasteiger partial charge in [0.25, 0.3) is 0 Å². The monoisotopic (exact) mass is 223 g/mol. The molecule has 2 N–H and O–H groups in total. The third-order valence-electron chi connectivity index (χ3n) is 3.38. The van der Waals surface area contributed by atoms with E-state index in [2.05, 4.69) is 17.1 Å². The quantitative estimate of drug-likeness (QED) is 0.850. The smallest absolute Gasteiger partial charge is 0.226 e. The van der Waals surface area contributed by atoms with Crippen LogP contribution >= 0.6 is 0 Å². The summed E-state index contributed by atoms with van der Waals surface area (Å²) in [7, 11) is 0. The van der Waals surface area contributed by atoms with Gasteiger partial charge in [0.1, 0.15) is 0 Å². The summed E-state index contributed by atoms with van der Waals surface area (Å²) >= 11 is 0. The Labute approximate surface area is 96.6 Å². The van der Waals surface area contributed by atoms with Crippen LogP contribution in [0.25, 0.3) is 0 Å². The topological polar surface area (TPSA) is 64.9 Å². The van der Waals surface area contributed by atoms with Gasteiger partial charge in [0.15, 0.2) is 5.82 Å². The molecule has 1 saturated carbocycles. The van der Waals surface area contributed by atoms with Crippen molar-refractivity contribution >= 4 is 0 Å². The Hall–Kier alpha value is -0.900. The molecule has 1 aromatic rings. The highest BCUT2D eigenvalue weighted by Crippen LogP contribution is 2.34. The Morgan fingerprint density at radius 1 is 1.44 bits per heavy atom. The van der Waals surface area contributed by atoms with Gasteiger partial charge in [-0.1, -0.05) is 24.9 Å². The molecule has 4 nitrogen and oxygen atoms in total. The van der Waals surface area contributed by atoms with Gasteiger partial charge in [-0.05, 0) is 31.7 Å². The van der Waals surface area contributed by atoms with Crippen molar-refractivity contribution in [1.29, 1.82) is 0 Å². The molecule has 1 fully saturated rings. The van der Waals surface area contributed by atoms with Gasteiger partial charge in [-0.25, -0.2) is 0 Å². The van der Waals surface area contributed by atoms with Crippen molar-refractivity contribution < 1.29 is 4.52 Å². The van der Waals surface area contributed by atoms with E-state index in [1.807, 2.05) is 0 Å². The third kappa shape index (κ3) is 2.82. The zero-order valence-electron chi connectivity index (χ0n) is 9.98. The summed E-state index contributed by atoms with van der Waals surface area (Å²) < 4.78 is 5.24. The predicted molar refractivity (Wildman–Crippen MR) is 62.0 cm³/mol. The Bertz CT molecular complexity index is 324. The number of nitrogens with zero attached hydrogens (tertiary/aromatic N) is 2. The number of aromatic nitrogens is 2. The molecule has 4 heteroatoms. The number of hydrogen-bond donors (Lipinski definition) is 1. The van der Waals surface area contributed by atoms with Crippen LogP contribution in [0.1, 0.15) is 56.7 Å². The second kappa shape index (κ2) is 5.43. The van der Waals surface area contributed by atoms with Crippen LogP contribution < -0.4 is 5.73 Å². The van der Waals surface area contributed by atoms with Gasteiger partial charge in [-0.15, -0.1) is 0 Å². The fourth-order valence-corrected chi connectivity index (χ4v) is 2.46. The van der Waals surface area contributed by atoms with Crippen molar-refractivity contribution in [3.63, 3.8) is 0 Å². The molecule has 1 aliphatic carbocycles. The maximum Gasteiger partial charge on any atom is 0.226 e. The molecule has 1 aliphatic rings. The largest absolute Gasteiger partial charge is 0.339 e. The lowest BCUT2D eigenvalue weighted by atomic mass is 9.82. The Kier molecular flexibility index (Phi) is 3.93. The molecule has 1 heterocycles. The van der Waals surface area contributed by atoms with Crippen molar-refractivity contribution in [2.24, 2.45) is 11.7 Å². The highest BCUT2D eigenvalue weighted by Gasteiger charge is 2.24. The van der Waals surface area contributed by atoms with Crippen molar-refractivity contribution in [2.45, 2.75) is 51.4 Å². The predicted octanol–water partition coefficient (Wildman–Crippen LogP) is 2.25. The molecular weight excluding hydrogens is 202 g/mol. The van der Waals surface area contributed by atoms with E-state index in [9.17, 15) is 0 Å². The van der Waals surface area contributed by atoms with Gasteiger partial charge >= 0.3 is 0 Å². The molecule has 1 aromatic heterocycles. The Morgan fingerprint density at radius 3 is 3.06 bits per heavy atom. The molecule has 0 spiro atoms. The summed E-state index contributed by atoms with van der Waals surface area (Å²) in [4.78, 5) is 4.47. The first kappa shape index (κ1) is 11.6. The van der Waals surface area contributed by atoms with Gasteiger partial charge < -0.3 is 10.3 Å². The average Bonchev–Trinajstić information content (AvgIpc) is 2.75. The fourth-order valence-electron chi connectivity index (χ4n) is 2.46. The van der Waals surface area contributed by atoms with E-state index in [1.54, 1.807) is 0 Å². The molecule has 0 bridgehead atoms. The SMILES string of the molecule is CC1CCCC(c2noc(CCCN)n2)C1. The molecule has 0 amide bonds. The highest BCUT2D eigenvalue weighted by molar-refractivity contribution is 4.97. The molecule has 2 rings (SSSR count). The molecular formula is C12H21N3O. The molecule has 16 heavy (non-hydrogen) atoms. The average molecular weight is 223 g/mol. The van der Waals surface area contributed by atoms with Crippen LogP contribution in [0.4, 0.5) is 0 Å². The summed E-state index contributed by atoms with van der Waals surface area (Å²) in [5, 5.41) is 4.10. The van der Waals surface area contributed by atoms with Crippen molar-refractivity contribution in [3.05, 3.63) is 11.7 Å². The molecule has 0 aliphatic heterocycles. The molecule has 0 saturated heterocycles. The van der Waals surface area contributed by atoms with Gasteiger partial charge in [0.2, 0.25) is 5.89 Å². The van der Waals surface area contributed by atoms with Crippen LogP contribution in [-0.4, -0.2) is 16.7 Å². The molecule has 0 aromatic carbocycles. The maximum atomic E-state index is 5.45. The van der Waals surface area contributed by atoms with E-state index in [-0.39, 0.29) is 0 Å². The molecule has 90 valence electrons. The zero-order valence-corrected chi connectivity index (χ0v) is 9.98. The van der Waals surface area contributed by atoms with Crippen molar-refractivity contribution in [2.75, 3.05) is 6.54 Å². The zero-order chi connectivity index (χ0) is 11.4.